The fraction of sp³-hybridized carbons (Fsp3) is 0.471. The fourth-order valence-electron chi connectivity index (χ4n) is 2.98. The molecule has 0 bridgehead atoms. The molecular weight excluding hydrogens is 281 g/mol. The van der Waals surface area contributed by atoms with Crippen LogP contribution in [0.1, 0.15) is 11.3 Å². The molecule has 0 spiro atoms. The van der Waals surface area contributed by atoms with Crippen molar-refractivity contribution in [3.63, 3.8) is 0 Å². The van der Waals surface area contributed by atoms with Gasteiger partial charge < -0.3 is 9.30 Å². The Labute approximate surface area is 130 Å². The Morgan fingerprint density at radius 2 is 2.32 bits per heavy atom. The first-order valence-corrected chi connectivity index (χ1v) is 7.70. The van der Waals surface area contributed by atoms with Crippen molar-refractivity contribution in [3.05, 3.63) is 53.9 Å². The van der Waals surface area contributed by atoms with Crippen LogP contribution in [0.4, 0.5) is 4.39 Å². The number of rotatable bonds is 4. The van der Waals surface area contributed by atoms with E-state index in [0.29, 0.717) is 5.92 Å². The molecule has 0 aliphatic carbocycles. The number of benzene rings is 1. The SMILES string of the molecule is Cn1cncc1CN1CCOC[C@H](Cc2cccc(F)c2)C1. The number of aryl methyl sites for hydroxylation is 1. The zero-order chi connectivity index (χ0) is 15.4. The van der Waals surface area contributed by atoms with Crippen LogP contribution in [-0.2, 0) is 24.8 Å². The van der Waals surface area contributed by atoms with E-state index in [1.807, 2.05) is 30.2 Å². The van der Waals surface area contributed by atoms with Gasteiger partial charge in [-0.05, 0) is 30.0 Å². The van der Waals surface area contributed by atoms with Gasteiger partial charge in [-0.3, -0.25) is 4.90 Å². The second-order valence-electron chi connectivity index (χ2n) is 6.01. The Morgan fingerprint density at radius 3 is 3.09 bits per heavy atom. The summed E-state index contributed by atoms with van der Waals surface area (Å²) in [5, 5.41) is 0. The molecule has 0 amide bonds. The number of imidazole rings is 1. The van der Waals surface area contributed by atoms with Crippen LogP contribution in [-0.4, -0.2) is 40.8 Å². The fourth-order valence-corrected chi connectivity index (χ4v) is 2.98. The first kappa shape index (κ1) is 15.2. The zero-order valence-electron chi connectivity index (χ0n) is 12.9. The standard InChI is InChI=1S/C17H22FN3O/c1-20-13-19-9-17(20)11-21-5-6-22-12-15(10-21)7-14-3-2-4-16(18)8-14/h2-4,8-9,13,15H,5-7,10-12H2,1H3/t15-/m1/s1. The first-order chi connectivity index (χ1) is 10.7. The van der Waals surface area contributed by atoms with E-state index in [2.05, 4.69) is 9.88 Å². The summed E-state index contributed by atoms with van der Waals surface area (Å²) in [4.78, 5) is 6.57. The molecule has 1 aromatic heterocycles. The minimum atomic E-state index is -0.168. The van der Waals surface area contributed by atoms with Crippen molar-refractivity contribution in [2.45, 2.75) is 13.0 Å². The van der Waals surface area contributed by atoms with Gasteiger partial charge in [-0.1, -0.05) is 12.1 Å². The molecule has 1 aromatic carbocycles. The van der Waals surface area contributed by atoms with Crippen molar-refractivity contribution in [1.29, 1.82) is 0 Å². The molecular formula is C17H22FN3O. The molecule has 1 saturated heterocycles. The largest absolute Gasteiger partial charge is 0.380 e. The molecule has 0 unspecified atom stereocenters. The van der Waals surface area contributed by atoms with E-state index in [4.69, 9.17) is 4.74 Å². The number of halogens is 1. The second-order valence-corrected chi connectivity index (χ2v) is 6.01. The number of aromatic nitrogens is 2. The molecule has 3 rings (SSSR count). The van der Waals surface area contributed by atoms with E-state index in [0.717, 1.165) is 44.8 Å². The topological polar surface area (TPSA) is 30.3 Å². The van der Waals surface area contributed by atoms with Gasteiger partial charge in [-0.2, -0.15) is 0 Å². The summed E-state index contributed by atoms with van der Waals surface area (Å²) in [5.74, 6) is 0.219. The maximum Gasteiger partial charge on any atom is 0.123 e. The Kier molecular flexibility index (Phi) is 4.85. The van der Waals surface area contributed by atoms with E-state index >= 15 is 0 Å². The first-order valence-electron chi connectivity index (χ1n) is 7.70. The summed E-state index contributed by atoms with van der Waals surface area (Å²) >= 11 is 0. The van der Waals surface area contributed by atoms with Crippen LogP contribution in [0.25, 0.3) is 0 Å². The summed E-state index contributed by atoms with van der Waals surface area (Å²) in [6, 6.07) is 6.87. The third-order valence-corrected chi connectivity index (χ3v) is 4.14. The van der Waals surface area contributed by atoms with Crippen molar-refractivity contribution in [2.75, 3.05) is 26.3 Å². The highest BCUT2D eigenvalue weighted by atomic mass is 19.1. The normalized spacial score (nSPS) is 20.0. The smallest absolute Gasteiger partial charge is 0.123 e. The van der Waals surface area contributed by atoms with Crippen molar-refractivity contribution in [1.82, 2.24) is 14.5 Å². The second kappa shape index (κ2) is 7.03. The Hall–Kier alpha value is -1.72. The molecule has 22 heavy (non-hydrogen) atoms. The lowest BCUT2D eigenvalue weighted by Crippen LogP contribution is -2.31. The highest BCUT2D eigenvalue weighted by Crippen LogP contribution is 2.16. The maximum atomic E-state index is 13.3. The Morgan fingerprint density at radius 1 is 1.41 bits per heavy atom. The van der Waals surface area contributed by atoms with E-state index in [-0.39, 0.29) is 5.82 Å². The van der Waals surface area contributed by atoms with Crippen molar-refractivity contribution in [3.8, 4) is 0 Å². The van der Waals surface area contributed by atoms with Crippen molar-refractivity contribution < 1.29 is 9.13 Å². The summed E-state index contributed by atoms with van der Waals surface area (Å²) in [7, 11) is 2.01. The van der Waals surface area contributed by atoms with Gasteiger partial charge in [0.05, 0.1) is 25.2 Å². The molecule has 2 aromatic rings. The van der Waals surface area contributed by atoms with Crippen molar-refractivity contribution in [2.24, 2.45) is 13.0 Å². The van der Waals surface area contributed by atoms with Gasteiger partial charge >= 0.3 is 0 Å². The van der Waals surface area contributed by atoms with Crippen LogP contribution >= 0.6 is 0 Å². The minimum absolute atomic E-state index is 0.168. The van der Waals surface area contributed by atoms with Gasteiger partial charge in [0.25, 0.3) is 0 Å². The number of hydrogen-bond donors (Lipinski definition) is 0. The van der Waals surface area contributed by atoms with Gasteiger partial charge in [-0.25, -0.2) is 9.37 Å². The predicted octanol–water partition coefficient (Wildman–Crippen LogP) is 2.25. The summed E-state index contributed by atoms with van der Waals surface area (Å²) in [5.41, 5.74) is 2.24. The lowest BCUT2D eigenvalue weighted by atomic mass is 9.99. The third-order valence-electron chi connectivity index (χ3n) is 4.14. The van der Waals surface area contributed by atoms with E-state index in [1.165, 1.54) is 11.8 Å². The molecule has 1 fully saturated rings. The van der Waals surface area contributed by atoms with Crippen LogP contribution in [0.5, 0.6) is 0 Å². The molecule has 0 radical (unpaired) electrons. The highest BCUT2D eigenvalue weighted by molar-refractivity contribution is 5.17. The van der Waals surface area contributed by atoms with Gasteiger partial charge in [0, 0.05) is 32.9 Å². The van der Waals surface area contributed by atoms with Crippen LogP contribution in [0.2, 0.25) is 0 Å². The van der Waals surface area contributed by atoms with E-state index in [1.54, 1.807) is 12.1 Å². The quantitative estimate of drug-likeness (QED) is 0.868. The van der Waals surface area contributed by atoms with Gasteiger partial charge in [0.15, 0.2) is 0 Å². The van der Waals surface area contributed by atoms with E-state index in [9.17, 15) is 4.39 Å². The molecule has 0 N–H and O–H groups in total. The van der Waals surface area contributed by atoms with Crippen LogP contribution in [0.3, 0.4) is 0 Å². The Balaban J connectivity index is 1.63. The van der Waals surface area contributed by atoms with Crippen LogP contribution < -0.4 is 0 Å². The average Bonchev–Trinajstić information content (AvgIpc) is 2.76. The van der Waals surface area contributed by atoms with Gasteiger partial charge in [0.1, 0.15) is 5.82 Å². The van der Waals surface area contributed by atoms with Gasteiger partial charge in [-0.15, -0.1) is 0 Å². The molecule has 1 aliphatic heterocycles. The molecule has 2 heterocycles. The molecule has 1 atom stereocenters. The monoisotopic (exact) mass is 303 g/mol. The summed E-state index contributed by atoms with van der Waals surface area (Å²) in [6.45, 7) is 4.24. The van der Waals surface area contributed by atoms with Gasteiger partial charge in [0.2, 0.25) is 0 Å². The summed E-state index contributed by atoms with van der Waals surface area (Å²) < 4.78 is 21.1. The lowest BCUT2D eigenvalue weighted by Gasteiger charge is -2.23. The maximum absolute atomic E-state index is 13.3. The summed E-state index contributed by atoms with van der Waals surface area (Å²) in [6.07, 6.45) is 4.58. The predicted molar refractivity (Wildman–Crippen MR) is 82.9 cm³/mol. The third kappa shape index (κ3) is 3.93. The van der Waals surface area contributed by atoms with Crippen molar-refractivity contribution >= 4 is 0 Å². The Bertz CT molecular complexity index is 613. The van der Waals surface area contributed by atoms with Crippen LogP contribution in [0.15, 0.2) is 36.8 Å². The number of ether oxygens (including phenoxy) is 1. The minimum Gasteiger partial charge on any atom is -0.380 e. The number of hydrogen-bond acceptors (Lipinski definition) is 3. The molecule has 1 aliphatic rings. The molecule has 118 valence electrons. The molecule has 4 nitrogen and oxygen atoms in total. The highest BCUT2D eigenvalue weighted by Gasteiger charge is 2.20. The molecule has 0 saturated carbocycles. The van der Waals surface area contributed by atoms with Crippen LogP contribution in [0, 0.1) is 11.7 Å². The number of nitrogens with zero attached hydrogens (tertiary/aromatic N) is 3. The average molecular weight is 303 g/mol. The zero-order valence-corrected chi connectivity index (χ0v) is 12.9. The lowest BCUT2D eigenvalue weighted by molar-refractivity contribution is 0.121. The molecule has 5 heteroatoms. The van der Waals surface area contributed by atoms with E-state index < -0.39 is 0 Å².